The number of amides is 1. The van der Waals surface area contributed by atoms with E-state index >= 15 is 0 Å². The van der Waals surface area contributed by atoms with E-state index in [2.05, 4.69) is 0 Å². The summed E-state index contributed by atoms with van der Waals surface area (Å²) in [5.74, 6) is 0.136. The first kappa shape index (κ1) is 16.3. The van der Waals surface area contributed by atoms with Crippen LogP contribution in [0.15, 0.2) is 30.3 Å². The molecule has 1 N–H and O–H groups in total. The first-order valence-corrected chi connectivity index (χ1v) is 8.47. The van der Waals surface area contributed by atoms with Crippen LogP contribution in [0.2, 0.25) is 0 Å². The van der Waals surface area contributed by atoms with Crippen LogP contribution in [0.25, 0.3) is 0 Å². The zero-order valence-electron chi connectivity index (χ0n) is 13.8. The predicted octanol–water partition coefficient (Wildman–Crippen LogP) is 1.66. The predicted molar refractivity (Wildman–Crippen MR) is 89.4 cm³/mol. The molecule has 0 aromatic heterocycles. The van der Waals surface area contributed by atoms with Gasteiger partial charge in [-0.25, -0.2) is 0 Å². The number of nitrogens with zero attached hydrogens (tertiary/aromatic N) is 2. The van der Waals surface area contributed by atoms with E-state index in [1.54, 1.807) is 0 Å². The molecule has 23 heavy (non-hydrogen) atoms. The summed E-state index contributed by atoms with van der Waals surface area (Å²) in [5.41, 5.74) is 0.626. The normalized spacial score (nSPS) is 23.7. The molecule has 1 amide bonds. The highest BCUT2D eigenvalue weighted by atomic mass is 16.5. The average molecular weight is 318 g/mol. The SMILES string of the molecule is CN(CC(=O)N1CCC2(CC1)OCCCC2O)c1ccccc1. The Hall–Kier alpha value is -1.59. The third-order valence-electron chi connectivity index (χ3n) is 5.15. The van der Waals surface area contributed by atoms with Gasteiger partial charge in [-0.15, -0.1) is 0 Å². The van der Waals surface area contributed by atoms with Crippen LogP contribution in [-0.4, -0.2) is 60.9 Å². The zero-order valence-corrected chi connectivity index (χ0v) is 13.8. The number of carbonyl (C=O) groups excluding carboxylic acids is 1. The quantitative estimate of drug-likeness (QED) is 0.921. The molecule has 1 spiro atoms. The number of aliphatic hydroxyl groups excluding tert-OH is 1. The topological polar surface area (TPSA) is 53.0 Å². The van der Waals surface area contributed by atoms with Crippen LogP contribution in [0.3, 0.4) is 0 Å². The van der Waals surface area contributed by atoms with Crippen LogP contribution < -0.4 is 4.90 Å². The molecule has 2 saturated heterocycles. The number of para-hydroxylation sites is 1. The molecule has 0 radical (unpaired) electrons. The number of aliphatic hydroxyl groups is 1. The second kappa shape index (κ2) is 6.89. The molecule has 1 atom stereocenters. The molecule has 1 aromatic rings. The molecule has 1 unspecified atom stereocenters. The van der Waals surface area contributed by atoms with Gasteiger partial charge in [-0.2, -0.15) is 0 Å². The van der Waals surface area contributed by atoms with E-state index in [1.165, 1.54) is 0 Å². The highest BCUT2D eigenvalue weighted by Crippen LogP contribution is 2.35. The van der Waals surface area contributed by atoms with Crippen molar-refractivity contribution in [3.8, 4) is 0 Å². The number of carbonyl (C=O) groups is 1. The molecule has 126 valence electrons. The van der Waals surface area contributed by atoms with E-state index in [4.69, 9.17) is 4.74 Å². The zero-order chi connectivity index (χ0) is 16.3. The van der Waals surface area contributed by atoms with Crippen molar-refractivity contribution in [3.63, 3.8) is 0 Å². The van der Waals surface area contributed by atoms with Crippen LogP contribution >= 0.6 is 0 Å². The molecule has 2 aliphatic rings. The van der Waals surface area contributed by atoms with Gasteiger partial charge >= 0.3 is 0 Å². The minimum atomic E-state index is -0.416. The lowest BCUT2D eigenvalue weighted by atomic mass is 9.82. The van der Waals surface area contributed by atoms with Crippen LogP contribution in [-0.2, 0) is 9.53 Å². The molecular formula is C18H26N2O3. The van der Waals surface area contributed by atoms with Crippen molar-refractivity contribution < 1.29 is 14.6 Å². The van der Waals surface area contributed by atoms with Crippen molar-refractivity contribution in [3.05, 3.63) is 30.3 Å². The molecule has 0 bridgehead atoms. The number of ether oxygens (including phenoxy) is 1. The van der Waals surface area contributed by atoms with Gasteiger partial charge in [-0.1, -0.05) is 18.2 Å². The van der Waals surface area contributed by atoms with Crippen molar-refractivity contribution in [2.45, 2.75) is 37.4 Å². The lowest BCUT2D eigenvalue weighted by Gasteiger charge is -2.46. The number of likely N-dealkylation sites (N-methyl/N-ethyl adjacent to an activating group) is 1. The Bertz CT molecular complexity index is 526. The first-order chi connectivity index (χ1) is 11.1. The second-order valence-electron chi connectivity index (χ2n) is 6.64. The van der Waals surface area contributed by atoms with Crippen LogP contribution in [0.5, 0.6) is 0 Å². The molecule has 2 heterocycles. The number of hydrogen-bond donors (Lipinski definition) is 1. The first-order valence-electron chi connectivity index (χ1n) is 8.47. The van der Waals surface area contributed by atoms with E-state index in [-0.39, 0.29) is 12.0 Å². The summed E-state index contributed by atoms with van der Waals surface area (Å²) >= 11 is 0. The minimum absolute atomic E-state index is 0.136. The van der Waals surface area contributed by atoms with Crippen LogP contribution in [0.1, 0.15) is 25.7 Å². The Balaban J connectivity index is 1.54. The Kier molecular flexibility index (Phi) is 4.87. The Labute approximate surface area is 137 Å². The maximum Gasteiger partial charge on any atom is 0.242 e. The Morgan fingerprint density at radius 1 is 1.35 bits per heavy atom. The van der Waals surface area contributed by atoms with Gasteiger partial charge in [0.05, 0.1) is 18.2 Å². The molecule has 1 aromatic carbocycles. The summed E-state index contributed by atoms with van der Waals surface area (Å²) in [5, 5.41) is 10.3. The van der Waals surface area contributed by atoms with Crippen LogP contribution in [0, 0.1) is 0 Å². The molecule has 2 aliphatic heterocycles. The number of anilines is 1. The molecule has 5 nitrogen and oxygen atoms in total. The number of hydrogen-bond acceptors (Lipinski definition) is 4. The van der Waals surface area contributed by atoms with Gasteiger partial charge in [0.1, 0.15) is 0 Å². The number of rotatable bonds is 3. The van der Waals surface area contributed by atoms with E-state index in [9.17, 15) is 9.90 Å². The highest BCUT2D eigenvalue weighted by Gasteiger charge is 2.44. The van der Waals surface area contributed by atoms with E-state index in [0.717, 1.165) is 38.0 Å². The monoisotopic (exact) mass is 318 g/mol. The fourth-order valence-electron chi connectivity index (χ4n) is 3.60. The van der Waals surface area contributed by atoms with Gasteiger partial charge < -0.3 is 19.6 Å². The fraction of sp³-hybridized carbons (Fsp3) is 0.611. The summed E-state index contributed by atoms with van der Waals surface area (Å²) < 4.78 is 5.90. The molecule has 5 heteroatoms. The van der Waals surface area contributed by atoms with Crippen molar-refractivity contribution in [1.29, 1.82) is 0 Å². The highest BCUT2D eigenvalue weighted by molar-refractivity contribution is 5.81. The average Bonchev–Trinajstić information content (AvgIpc) is 2.59. The van der Waals surface area contributed by atoms with E-state index in [1.807, 2.05) is 47.2 Å². The van der Waals surface area contributed by atoms with Crippen molar-refractivity contribution in [2.24, 2.45) is 0 Å². The second-order valence-corrected chi connectivity index (χ2v) is 6.64. The van der Waals surface area contributed by atoms with Gasteiger partial charge in [-0.05, 0) is 37.8 Å². The van der Waals surface area contributed by atoms with Gasteiger partial charge in [0.25, 0.3) is 0 Å². The van der Waals surface area contributed by atoms with Gasteiger partial charge in [-0.3, -0.25) is 4.79 Å². The molecule has 0 aliphatic carbocycles. The van der Waals surface area contributed by atoms with Gasteiger partial charge in [0, 0.05) is 32.4 Å². The largest absolute Gasteiger partial charge is 0.390 e. The summed E-state index contributed by atoms with van der Waals surface area (Å²) in [6.45, 7) is 2.43. The molecule has 0 saturated carbocycles. The molecular weight excluding hydrogens is 292 g/mol. The smallest absolute Gasteiger partial charge is 0.242 e. The summed E-state index contributed by atoms with van der Waals surface area (Å²) in [6.07, 6.45) is 2.81. The summed E-state index contributed by atoms with van der Waals surface area (Å²) in [7, 11) is 1.94. The van der Waals surface area contributed by atoms with Crippen molar-refractivity contribution in [1.82, 2.24) is 4.90 Å². The third-order valence-corrected chi connectivity index (χ3v) is 5.15. The molecule has 3 rings (SSSR count). The van der Waals surface area contributed by atoms with Crippen LogP contribution in [0.4, 0.5) is 5.69 Å². The van der Waals surface area contributed by atoms with Crippen molar-refractivity contribution in [2.75, 3.05) is 38.2 Å². The summed E-state index contributed by atoms with van der Waals surface area (Å²) in [4.78, 5) is 16.4. The maximum atomic E-state index is 12.5. The number of piperidine rings is 1. The summed E-state index contributed by atoms with van der Waals surface area (Å²) in [6, 6.07) is 9.93. The Morgan fingerprint density at radius 2 is 2.04 bits per heavy atom. The number of benzene rings is 1. The Morgan fingerprint density at radius 3 is 2.70 bits per heavy atom. The van der Waals surface area contributed by atoms with Gasteiger partial charge in [0.15, 0.2) is 0 Å². The lowest BCUT2D eigenvalue weighted by molar-refractivity contribution is -0.179. The van der Waals surface area contributed by atoms with Crippen molar-refractivity contribution >= 4 is 11.6 Å². The molecule has 2 fully saturated rings. The van der Waals surface area contributed by atoms with E-state index in [0.29, 0.717) is 19.6 Å². The van der Waals surface area contributed by atoms with Gasteiger partial charge in [0.2, 0.25) is 5.91 Å². The lowest BCUT2D eigenvalue weighted by Crippen LogP contribution is -2.56. The minimum Gasteiger partial charge on any atom is -0.390 e. The maximum absolute atomic E-state index is 12.5. The van der Waals surface area contributed by atoms with E-state index < -0.39 is 5.60 Å². The number of likely N-dealkylation sites (tertiary alicyclic amines) is 1. The third kappa shape index (κ3) is 3.51. The fourth-order valence-corrected chi connectivity index (χ4v) is 3.60. The standard InChI is InChI=1S/C18H26N2O3/c1-19(15-6-3-2-4-7-15)14-17(22)20-11-9-18(10-12-20)16(21)8-5-13-23-18/h2-4,6-7,16,21H,5,8-14H2,1H3.